The van der Waals surface area contributed by atoms with Crippen LogP contribution in [0.3, 0.4) is 0 Å². The predicted molar refractivity (Wildman–Crippen MR) is 72.8 cm³/mol. The Morgan fingerprint density at radius 3 is 2.95 bits per heavy atom. The molecule has 2 aromatic rings. The number of aromatic nitrogens is 2. The molecule has 19 heavy (non-hydrogen) atoms. The summed E-state index contributed by atoms with van der Waals surface area (Å²) in [6.07, 6.45) is 4.15. The van der Waals surface area contributed by atoms with Crippen LogP contribution < -0.4 is 4.74 Å². The maximum Gasteiger partial charge on any atom is 0.356 e. The average molecular weight is 278 g/mol. The van der Waals surface area contributed by atoms with Crippen molar-refractivity contribution >= 4 is 17.3 Å². The summed E-state index contributed by atoms with van der Waals surface area (Å²) >= 11 is 1.34. The van der Waals surface area contributed by atoms with E-state index in [1.165, 1.54) is 11.3 Å². The van der Waals surface area contributed by atoms with Crippen molar-refractivity contribution in [3.63, 3.8) is 0 Å². The molecule has 0 amide bonds. The number of hydrogen-bond acceptors (Lipinski definition) is 5. The van der Waals surface area contributed by atoms with Gasteiger partial charge >= 0.3 is 5.97 Å². The maximum atomic E-state index is 11.2. The summed E-state index contributed by atoms with van der Waals surface area (Å²) < 4.78 is 5.50. The number of carbonyl (C=O) groups is 1. The summed E-state index contributed by atoms with van der Waals surface area (Å²) in [5.41, 5.74) is 0.786. The largest absolute Gasteiger partial charge is 0.492 e. The molecule has 0 unspecified atom stereocenters. The highest BCUT2D eigenvalue weighted by molar-refractivity contribution is 7.15. The first-order valence-corrected chi connectivity index (χ1v) is 6.72. The van der Waals surface area contributed by atoms with Gasteiger partial charge in [-0.15, -0.1) is 11.3 Å². The number of rotatable bonds is 5. The van der Waals surface area contributed by atoms with Crippen LogP contribution in [0.2, 0.25) is 0 Å². The van der Waals surface area contributed by atoms with E-state index in [0.29, 0.717) is 22.2 Å². The summed E-state index contributed by atoms with van der Waals surface area (Å²) in [6, 6.07) is 1.79. The first-order chi connectivity index (χ1) is 9.11. The number of thiazole rings is 1. The number of aryl methyl sites for hydroxylation is 1. The normalized spacial score (nSPS) is 10.4. The van der Waals surface area contributed by atoms with Gasteiger partial charge in [0.05, 0.1) is 22.7 Å². The van der Waals surface area contributed by atoms with Gasteiger partial charge in [-0.25, -0.2) is 9.78 Å². The third kappa shape index (κ3) is 3.08. The molecule has 0 saturated carbocycles. The van der Waals surface area contributed by atoms with Crippen molar-refractivity contribution in [2.75, 3.05) is 6.61 Å². The number of ether oxygens (including phenoxy) is 1. The van der Waals surface area contributed by atoms with Crippen molar-refractivity contribution < 1.29 is 14.6 Å². The fraction of sp³-hybridized carbons (Fsp3) is 0.308. The van der Waals surface area contributed by atoms with Crippen LogP contribution in [0.5, 0.6) is 5.75 Å². The minimum absolute atomic E-state index is 0.0666. The third-order valence-corrected chi connectivity index (χ3v) is 3.40. The van der Waals surface area contributed by atoms with Gasteiger partial charge < -0.3 is 9.84 Å². The van der Waals surface area contributed by atoms with Gasteiger partial charge in [0.15, 0.2) is 5.69 Å². The zero-order chi connectivity index (χ0) is 13.8. The lowest BCUT2D eigenvalue weighted by Crippen LogP contribution is -1.99. The van der Waals surface area contributed by atoms with Gasteiger partial charge in [-0.05, 0) is 19.4 Å². The second kappa shape index (κ2) is 5.79. The van der Waals surface area contributed by atoms with E-state index in [-0.39, 0.29) is 5.69 Å². The van der Waals surface area contributed by atoms with Crippen LogP contribution in [0.15, 0.2) is 18.5 Å². The lowest BCUT2D eigenvalue weighted by Gasteiger charge is -2.05. The van der Waals surface area contributed by atoms with E-state index in [0.717, 1.165) is 12.0 Å². The van der Waals surface area contributed by atoms with E-state index in [2.05, 4.69) is 9.97 Å². The Morgan fingerprint density at radius 1 is 1.47 bits per heavy atom. The second-order valence-corrected chi connectivity index (χ2v) is 5.18. The van der Waals surface area contributed by atoms with Crippen LogP contribution in [0, 0.1) is 6.92 Å². The average Bonchev–Trinajstić information content (AvgIpc) is 2.79. The minimum Gasteiger partial charge on any atom is -0.492 e. The van der Waals surface area contributed by atoms with E-state index in [4.69, 9.17) is 9.84 Å². The van der Waals surface area contributed by atoms with Crippen molar-refractivity contribution in [1.82, 2.24) is 9.97 Å². The fourth-order valence-electron chi connectivity index (χ4n) is 1.61. The summed E-state index contributed by atoms with van der Waals surface area (Å²) in [5.74, 6) is -0.388. The van der Waals surface area contributed by atoms with Crippen molar-refractivity contribution in [3.05, 3.63) is 29.2 Å². The van der Waals surface area contributed by atoms with Crippen LogP contribution in [0.4, 0.5) is 0 Å². The molecule has 0 aromatic carbocycles. The Balaban J connectivity index is 2.38. The fourth-order valence-corrected chi connectivity index (χ4v) is 2.50. The van der Waals surface area contributed by atoms with E-state index in [1.54, 1.807) is 25.4 Å². The van der Waals surface area contributed by atoms with Crippen molar-refractivity contribution in [2.24, 2.45) is 0 Å². The van der Waals surface area contributed by atoms with Gasteiger partial charge in [0, 0.05) is 11.8 Å². The van der Waals surface area contributed by atoms with Crippen molar-refractivity contribution in [1.29, 1.82) is 0 Å². The molecule has 0 spiro atoms. The zero-order valence-corrected chi connectivity index (χ0v) is 11.5. The number of carboxylic acids is 1. The number of hydrogen-bond donors (Lipinski definition) is 1. The lowest BCUT2D eigenvalue weighted by molar-refractivity contribution is 0.0692. The first kappa shape index (κ1) is 13.5. The van der Waals surface area contributed by atoms with Gasteiger partial charge in [-0.1, -0.05) is 6.92 Å². The zero-order valence-electron chi connectivity index (χ0n) is 10.7. The van der Waals surface area contributed by atoms with Crippen LogP contribution in [-0.2, 0) is 0 Å². The van der Waals surface area contributed by atoms with Crippen LogP contribution in [-0.4, -0.2) is 27.7 Å². The Morgan fingerprint density at radius 2 is 2.26 bits per heavy atom. The van der Waals surface area contributed by atoms with Crippen LogP contribution in [0.1, 0.15) is 28.8 Å². The Hall–Kier alpha value is -1.95. The molecule has 1 N–H and O–H groups in total. The summed E-state index contributed by atoms with van der Waals surface area (Å²) in [7, 11) is 0. The Bertz CT molecular complexity index is 595. The molecule has 2 rings (SSSR count). The molecule has 100 valence electrons. The molecular weight excluding hydrogens is 264 g/mol. The summed E-state index contributed by atoms with van der Waals surface area (Å²) in [6.45, 7) is 4.41. The van der Waals surface area contributed by atoms with E-state index < -0.39 is 5.97 Å². The van der Waals surface area contributed by atoms with Gasteiger partial charge in [0.1, 0.15) is 5.75 Å². The first-order valence-electron chi connectivity index (χ1n) is 5.90. The highest BCUT2D eigenvalue weighted by Crippen LogP contribution is 2.31. The third-order valence-electron chi connectivity index (χ3n) is 2.38. The van der Waals surface area contributed by atoms with Crippen LogP contribution >= 0.6 is 11.3 Å². The molecule has 0 bridgehead atoms. The summed E-state index contributed by atoms with van der Waals surface area (Å²) in [5, 5.41) is 9.86. The molecule has 2 aromatic heterocycles. The molecule has 2 heterocycles. The predicted octanol–water partition coefficient (Wildman–Crippen LogP) is 3.00. The topological polar surface area (TPSA) is 72.3 Å². The quantitative estimate of drug-likeness (QED) is 0.910. The highest BCUT2D eigenvalue weighted by Gasteiger charge is 2.17. The molecule has 0 aliphatic rings. The van der Waals surface area contributed by atoms with E-state index in [1.807, 2.05) is 6.92 Å². The number of pyridine rings is 1. The monoisotopic (exact) mass is 278 g/mol. The molecule has 0 radical (unpaired) electrons. The molecule has 0 aliphatic heterocycles. The SMILES string of the molecule is CCCOc1cncc(-c2sc(C)nc2C(=O)O)c1. The molecule has 0 saturated heterocycles. The Labute approximate surface area is 114 Å². The van der Waals surface area contributed by atoms with Gasteiger partial charge in [0.2, 0.25) is 0 Å². The van der Waals surface area contributed by atoms with Gasteiger partial charge in [-0.2, -0.15) is 0 Å². The Kier molecular flexibility index (Phi) is 4.11. The number of nitrogens with zero attached hydrogens (tertiary/aromatic N) is 2. The number of carboxylic acid groups (broad SMARTS) is 1. The molecule has 0 aliphatic carbocycles. The second-order valence-electron chi connectivity index (χ2n) is 3.97. The van der Waals surface area contributed by atoms with Gasteiger partial charge in [-0.3, -0.25) is 4.98 Å². The smallest absolute Gasteiger partial charge is 0.356 e. The van der Waals surface area contributed by atoms with E-state index >= 15 is 0 Å². The van der Waals surface area contributed by atoms with Crippen molar-refractivity contribution in [2.45, 2.75) is 20.3 Å². The molecule has 0 fully saturated rings. The van der Waals surface area contributed by atoms with Crippen LogP contribution in [0.25, 0.3) is 10.4 Å². The standard InChI is InChI=1S/C13H14N2O3S/c1-3-4-18-10-5-9(6-14-7-10)12-11(13(16)17)15-8(2)19-12/h5-7H,3-4H2,1-2H3,(H,16,17). The number of aromatic carboxylic acids is 1. The van der Waals surface area contributed by atoms with Crippen molar-refractivity contribution in [3.8, 4) is 16.2 Å². The highest BCUT2D eigenvalue weighted by atomic mass is 32.1. The molecule has 5 nitrogen and oxygen atoms in total. The lowest BCUT2D eigenvalue weighted by atomic mass is 10.2. The molecule has 0 atom stereocenters. The van der Waals surface area contributed by atoms with Gasteiger partial charge in [0.25, 0.3) is 0 Å². The summed E-state index contributed by atoms with van der Waals surface area (Å²) in [4.78, 5) is 19.9. The minimum atomic E-state index is -1.03. The maximum absolute atomic E-state index is 11.2. The van der Waals surface area contributed by atoms with E-state index in [9.17, 15) is 4.79 Å². The molecular formula is C13H14N2O3S. The molecule has 6 heteroatoms.